The molecule has 1 fully saturated rings. The molecule has 1 heterocycles. The lowest BCUT2D eigenvalue weighted by Gasteiger charge is -2.31. The van der Waals surface area contributed by atoms with Crippen LogP contribution in [0.1, 0.15) is 19.3 Å². The Morgan fingerprint density at radius 2 is 2.21 bits per heavy atom. The Balaban J connectivity index is 2.20. The zero-order valence-electron chi connectivity index (χ0n) is 8.78. The van der Waals surface area contributed by atoms with E-state index in [9.17, 15) is 0 Å². The maximum Gasteiger partial charge on any atom is 0.0940 e. The van der Waals surface area contributed by atoms with Crippen LogP contribution in [0.15, 0.2) is 0 Å². The number of hydrogen-bond acceptors (Lipinski definition) is 4. The van der Waals surface area contributed by atoms with Gasteiger partial charge in [0.15, 0.2) is 0 Å². The van der Waals surface area contributed by atoms with E-state index in [1.54, 1.807) is 0 Å². The Labute approximate surface area is 85.6 Å². The number of hydrogen-bond donors (Lipinski definition) is 1. The fourth-order valence-corrected chi connectivity index (χ4v) is 1.72. The summed E-state index contributed by atoms with van der Waals surface area (Å²) in [6.07, 6.45) is 2.95. The van der Waals surface area contributed by atoms with Gasteiger partial charge in [-0.1, -0.05) is 0 Å². The summed E-state index contributed by atoms with van der Waals surface area (Å²) < 4.78 is 5.29. The minimum Gasteiger partial charge on any atom is -0.381 e. The van der Waals surface area contributed by atoms with E-state index in [0.29, 0.717) is 6.04 Å². The molecule has 0 aromatic rings. The van der Waals surface area contributed by atoms with E-state index in [2.05, 4.69) is 11.9 Å². The van der Waals surface area contributed by atoms with Gasteiger partial charge in [-0.3, -0.25) is 0 Å². The minimum atomic E-state index is -0.322. The van der Waals surface area contributed by atoms with E-state index in [-0.39, 0.29) is 6.04 Å². The first-order valence-electron chi connectivity index (χ1n) is 5.17. The monoisotopic (exact) mass is 197 g/mol. The Morgan fingerprint density at radius 3 is 2.79 bits per heavy atom. The highest BCUT2D eigenvalue weighted by molar-refractivity contribution is 4.87. The second kappa shape index (κ2) is 5.97. The molecule has 0 saturated carbocycles. The second-order valence-corrected chi connectivity index (χ2v) is 3.85. The molecule has 2 N–H and O–H groups in total. The highest BCUT2D eigenvalue weighted by Crippen LogP contribution is 2.12. The number of nitrogens with zero attached hydrogens (tertiary/aromatic N) is 2. The third-order valence-corrected chi connectivity index (χ3v) is 2.77. The third kappa shape index (κ3) is 3.62. The van der Waals surface area contributed by atoms with Crippen molar-refractivity contribution >= 4 is 0 Å². The molecule has 0 aromatic heterocycles. The highest BCUT2D eigenvalue weighted by atomic mass is 16.5. The van der Waals surface area contributed by atoms with Crippen LogP contribution in [0.25, 0.3) is 0 Å². The van der Waals surface area contributed by atoms with Gasteiger partial charge < -0.3 is 15.4 Å². The Morgan fingerprint density at radius 1 is 1.57 bits per heavy atom. The summed E-state index contributed by atoms with van der Waals surface area (Å²) in [6.45, 7) is 2.62. The van der Waals surface area contributed by atoms with Gasteiger partial charge >= 0.3 is 0 Å². The molecule has 80 valence electrons. The topological polar surface area (TPSA) is 62.3 Å². The third-order valence-electron chi connectivity index (χ3n) is 2.77. The van der Waals surface area contributed by atoms with Crippen molar-refractivity contribution in [2.24, 2.45) is 5.73 Å². The standard InChI is InChI=1S/C10H19N3O/c1-13(5-2-9(12)8-11)10-3-6-14-7-4-10/h9-10H,2-7,12H2,1H3. The van der Waals surface area contributed by atoms with Gasteiger partial charge in [-0.15, -0.1) is 0 Å². The van der Waals surface area contributed by atoms with Crippen LogP contribution in [0.4, 0.5) is 0 Å². The Hall–Kier alpha value is -0.630. The Bertz CT molecular complexity index is 196. The molecule has 1 rings (SSSR count). The van der Waals surface area contributed by atoms with Gasteiger partial charge in [0.05, 0.1) is 12.1 Å². The molecule has 0 spiro atoms. The van der Waals surface area contributed by atoms with E-state index in [1.165, 1.54) is 0 Å². The predicted molar refractivity (Wildman–Crippen MR) is 54.7 cm³/mol. The normalized spacial score (nSPS) is 20.7. The van der Waals surface area contributed by atoms with Crippen LogP contribution in [-0.4, -0.2) is 43.8 Å². The van der Waals surface area contributed by atoms with E-state index < -0.39 is 0 Å². The molecule has 1 atom stereocenters. The van der Waals surface area contributed by atoms with Crippen LogP contribution in [0, 0.1) is 11.3 Å². The van der Waals surface area contributed by atoms with Crippen molar-refractivity contribution in [3.63, 3.8) is 0 Å². The van der Waals surface area contributed by atoms with Crippen LogP contribution < -0.4 is 5.73 Å². The molecule has 0 amide bonds. The Kier molecular flexibility index (Phi) is 4.88. The van der Waals surface area contributed by atoms with Crippen LogP contribution in [0.5, 0.6) is 0 Å². The fourth-order valence-electron chi connectivity index (χ4n) is 1.72. The smallest absolute Gasteiger partial charge is 0.0940 e. The first kappa shape index (κ1) is 11.4. The molecular formula is C10H19N3O. The summed E-state index contributed by atoms with van der Waals surface area (Å²) in [4.78, 5) is 2.29. The van der Waals surface area contributed by atoms with Gasteiger partial charge in [0.2, 0.25) is 0 Å². The van der Waals surface area contributed by atoms with Gasteiger partial charge in [0, 0.05) is 25.8 Å². The van der Waals surface area contributed by atoms with Crippen LogP contribution in [0.2, 0.25) is 0 Å². The van der Waals surface area contributed by atoms with Crippen molar-refractivity contribution in [2.75, 3.05) is 26.8 Å². The van der Waals surface area contributed by atoms with Gasteiger partial charge in [-0.2, -0.15) is 5.26 Å². The molecule has 1 aliphatic heterocycles. The molecule has 4 nitrogen and oxygen atoms in total. The SMILES string of the molecule is CN(CCC(N)C#N)C1CCOCC1. The van der Waals surface area contributed by atoms with Gasteiger partial charge in [0.1, 0.15) is 0 Å². The molecule has 0 aliphatic carbocycles. The first-order chi connectivity index (χ1) is 6.74. The average molecular weight is 197 g/mol. The zero-order valence-corrected chi connectivity index (χ0v) is 8.78. The van der Waals surface area contributed by atoms with Crippen LogP contribution in [-0.2, 0) is 4.74 Å². The van der Waals surface area contributed by atoms with E-state index in [1.807, 2.05) is 6.07 Å². The molecule has 0 radical (unpaired) electrons. The number of nitrogens with two attached hydrogens (primary N) is 1. The largest absolute Gasteiger partial charge is 0.381 e. The quantitative estimate of drug-likeness (QED) is 0.706. The van der Waals surface area contributed by atoms with Crippen molar-refractivity contribution < 1.29 is 4.74 Å². The molecular weight excluding hydrogens is 178 g/mol. The summed E-state index contributed by atoms with van der Waals surface area (Å²) in [6, 6.07) is 2.33. The molecule has 0 aromatic carbocycles. The molecule has 1 aliphatic rings. The summed E-state index contributed by atoms with van der Waals surface area (Å²) in [5.41, 5.74) is 5.54. The maximum atomic E-state index is 8.54. The second-order valence-electron chi connectivity index (χ2n) is 3.85. The summed E-state index contributed by atoms with van der Waals surface area (Å²) in [7, 11) is 2.10. The molecule has 4 heteroatoms. The van der Waals surface area contributed by atoms with Crippen molar-refractivity contribution in [2.45, 2.75) is 31.3 Å². The lowest BCUT2D eigenvalue weighted by Crippen LogP contribution is -2.38. The fraction of sp³-hybridized carbons (Fsp3) is 0.900. The molecule has 1 unspecified atom stereocenters. The van der Waals surface area contributed by atoms with Gasteiger partial charge in [0.25, 0.3) is 0 Å². The number of rotatable bonds is 4. The van der Waals surface area contributed by atoms with Crippen LogP contribution in [0.3, 0.4) is 0 Å². The average Bonchev–Trinajstić information content (AvgIpc) is 2.26. The van der Waals surface area contributed by atoms with E-state index >= 15 is 0 Å². The molecule has 14 heavy (non-hydrogen) atoms. The van der Waals surface area contributed by atoms with Crippen LogP contribution >= 0.6 is 0 Å². The zero-order chi connectivity index (χ0) is 10.4. The van der Waals surface area contributed by atoms with Crippen molar-refractivity contribution in [1.82, 2.24) is 4.90 Å². The lowest BCUT2D eigenvalue weighted by molar-refractivity contribution is 0.0426. The van der Waals surface area contributed by atoms with Crippen molar-refractivity contribution in [3.05, 3.63) is 0 Å². The van der Waals surface area contributed by atoms with Crippen molar-refractivity contribution in [1.29, 1.82) is 5.26 Å². The maximum absolute atomic E-state index is 8.54. The summed E-state index contributed by atoms with van der Waals surface area (Å²) in [5.74, 6) is 0. The predicted octanol–water partition coefficient (Wildman–Crippen LogP) is 0.338. The summed E-state index contributed by atoms with van der Waals surface area (Å²) in [5, 5.41) is 8.54. The van der Waals surface area contributed by atoms with Crippen molar-refractivity contribution in [3.8, 4) is 6.07 Å². The number of nitriles is 1. The number of ether oxygens (including phenoxy) is 1. The first-order valence-corrected chi connectivity index (χ1v) is 5.17. The molecule has 1 saturated heterocycles. The van der Waals surface area contributed by atoms with E-state index in [0.717, 1.165) is 39.0 Å². The highest BCUT2D eigenvalue weighted by Gasteiger charge is 2.18. The van der Waals surface area contributed by atoms with Gasteiger partial charge in [-0.05, 0) is 26.3 Å². The lowest BCUT2D eigenvalue weighted by atomic mass is 10.1. The van der Waals surface area contributed by atoms with E-state index in [4.69, 9.17) is 15.7 Å². The molecule has 0 bridgehead atoms. The summed E-state index contributed by atoms with van der Waals surface area (Å²) >= 11 is 0. The minimum absolute atomic E-state index is 0.322. The van der Waals surface area contributed by atoms with Gasteiger partial charge in [-0.25, -0.2) is 0 Å².